The fourth-order valence-electron chi connectivity index (χ4n) is 2.74. The minimum Gasteiger partial charge on any atom is -0.484 e. The second-order valence-corrected chi connectivity index (χ2v) is 7.75. The van der Waals surface area contributed by atoms with Crippen LogP contribution in [0.4, 0.5) is 10.3 Å². The third-order valence-electron chi connectivity index (χ3n) is 4.28. The third kappa shape index (κ3) is 5.21. The number of hydrogen-bond donors (Lipinski definition) is 1. The number of carbonyl (C=O) groups is 1. The highest BCUT2D eigenvalue weighted by Crippen LogP contribution is 2.32. The number of carbonyl (C=O) groups excluding carboxylic acids is 1. The zero-order valence-electron chi connectivity index (χ0n) is 16.2. The summed E-state index contributed by atoms with van der Waals surface area (Å²) in [7, 11) is 0. The lowest BCUT2D eigenvalue weighted by Crippen LogP contribution is -2.12. The Balaban J connectivity index is 1.35. The Morgan fingerprint density at radius 3 is 2.78 bits per heavy atom. The smallest absolute Gasteiger partial charge is 0.293 e. The zero-order chi connectivity index (χ0) is 22.7. The minimum atomic E-state index is -0.533. The van der Waals surface area contributed by atoms with Crippen LogP contribution in [0.1, 0.15) is 21.9 Å². The van der Waals surface area contributed by atoms with E-state index in [0.29, 0.717) is 27.1 Å². The van der Waals surface area contributed by atoms with Gasteiger partial charge in [0, 0.05) is 5.02 Å². The number of furan rings is 1. The van der Waals surface area contributed by atoms with Crippen molar-refractivity contribution in [2.24, 2.45) is 0 Å². The van der Waals surface area contributed by atoms with Gasteiger partial charge in [0.15, 0.2) is 5.76 Å². The minimum absolute atomic E-state index is 0.0542. The number of ether oxygens (including phenoxy) is 1. The van der Waals surface area contributed by atoms with Crippen molar-refractivity contribution in [2.45, 2.75) is 13.2 Å². The number of aromatic nitrogens is 3. The second kappa shape index (κ2) is 9.60. The first-order chi connectivity index (χ1) is 15.4. The molecule has 2 aromatic heterocycles. The van der Waals surface area contributed by atoms with E-state index in [1.54, 1.807) is 30.3 Å². The molecule has 0 aliphatic heterocycles. The van der Waals surface area contributed by atoms with Crippen molar-refractivity contribution >= 4 is 46.7 Å². The summed E-state index contributed by atoms with van der Waals surface area (Å²) < 4.78 is 25.7. The molecule has 0 spiro atoms. The van der Waals surface area contributed by atoms with E-state index >= 15 is 0 Å². The molecule has 7 nitrogen and oxygen atoms in total. The number of nitrogens with zero attached hydrogens (tertiary/aromatic N) is 3. The first-order valence-corrected chi connectivity index (χ1v) is 10.3. The molecule has 11 heteroatoms. The largest absolute Gasteiger partial charge is 0.484 e. The SMILES string of the molecule is O=C(Nc1ncn(Cc2ccc(F)cc2Cl)n1)c1ccc(COc2cccc(Cl)c2Cl)o1. The molecule has 0 atom stereocenters. The number of nitrogens with one attached hydrogen (secondary N) is 1. The Labute approximate surface area is 196 Å². The average Bonchev–Trinajstić information content (AvgIpc) is 3.41. The van der Waals surface area contributed by atoms with E-state index in [4.69, 9.17) is 44.0 Å². The predicted octanol–water partition coefficient (Wildman–Crippen LogP) is 5.85. The summed E-state index contributed by atoms with van der Waals surface area (Å²) in [6.45, 7) is 0.314. The van der Waals surface area contributed by atoms with Gasteiger partial charge < -0.3 is 9.15 Å². The number of amides is 1. The maximum Gasteiger partial charge on any atom is 0.293 e. The number of anilines is 1. The van der Waals surface area contributed by atoms with Crippen LogP contribution >= 0.6 is 34.8 Å². The molecule has 4 rings (SSSR count). The molecular formula is C21H14Cl3FN4O3. The molecular weight excluding hydrogens is 482 g/mol. The van der Waals surface area contributed by atoms with Crippen molar-refractivity contribution in [1.82, 2.24) is 14.8 Å². The van der Waals surface area contributed by atoms with Crippen molar-refractivity contribution in [3.8, 4) is 5.75 Å². The number of rotatable bonds is 7. The molecule has 0 bridgehead atoms. The summed E-state index contributed by atoms with van der Waals surface area (Å²) in [5.74, 6) is -0.0150. The predicted molar refractivity (Wildman–Crippen MR) is 118 cm³/mol. The Bertz CT molecular complexity index is 1270. The normalized spacial score (nSPS) is 10.9. The van der Waals surface area contributed by atoms with E-state index in [1.807, 2.05) is 0 Å². The van der Waals surface area contributed by atoms with Crippen LogP contribution in [0.2, 0.25) is 15.1 Å². The summed E-state index contributed by atoms with van der Waals surface area (Å²) in [4.78, 5) is 16.5. The molecule has 0 aliphatic carbocycles. The molecule has 2 heterocycles. The van der Waals surface area contributed by atoms with Crippen LogP contribution in [0.3, 0.4) is 0 Å². The second-order valence-electron chi connectivity index (χ2n) is 6.56. The lowest BCUT2D eigenvalue weighted by atomic mass is 10.2. The molecule has 0 fully saturated rings. The fraction of sp³-hybridized carbons (Fsp3) is 0.0952. The first kappa shape index (κ1) is 22.1. The number of halogens is 4. The van der Waals surface area contributed by atoms with Crippen LogP contribution in [0.25, 0.3) is 0 Å². The van der Waals surface area contributed by atoms with Crippen LogP contribution < -0.4 is 10.1 Å². The van der Waals surface area contributed by atoms with Gasteiger partial charge >= 0.3 is 0 Å². The zero-order valence-corrected chi connectivity index (χ0v) is 18.5. The van der Waals surface area contributed by atoms with E-state index in [1.165, 1.54) is 29.2 Å². The molecule has 0 aliphatic rings. The van der Waals surface area contributed by atoms with Crippen molar-refractivity contribution < 1.29 is 18.3 Å². The molecule has 0 saturated heterocycles. The van der Waals surface area contributed by atoms with E-state index in [0.717, 1.165) is 0 Å². The molecule has 0 radical (unpaired) electrons. The Hall–Kier alpha value is -3.07. The third-order valence-corrected chi connectivity index (χ3v) is 5.43. The molecule has 32 heavy (non-hydrogen) atoms. The molecule has 164 valence electrons. The van der Waals surface area contributed by atoms with E-state index in [9.17, 15) is 9.18 Å². The summed E-state index contributed by atoms with van der Waals surface area (Å²) in [6, 6.07) is 12.2. The summed E-state index contributed by atoms with van der Waals surface area (Å²) >= 11 is 18.1. The fourth-order valence-corrected chi connectivity index (χ4v) is 3.31. The van der Waals surface area contributed by atoms with Gasteiger partial charge in [-0.3, -0.25) is 10.1 Å². The van der Waals surface area contributed by atoms with Gasteiger partial charge in [-0.2, -0.15) is 0 Å². The van der Waals surface area contributed by atoms with Crippen LogP contribution in [0, 0.1) is 5.82 Å². The van der Waals surface area contributed by atoms with Crippen molar-refractivity contribution in [3.05, 3.63) is 92.8 Å². The van der Waals surface area contributed by atoms with Crippen molar-refractivity contribution in [2.75, 3.05) is 5.32 Å². The van der Waals surface area contributed by atoms with Crippen molar-refractivity contribution in [1.29, 1.82) is 0 Å². The molecule has 0 saturated carbocycles. The monoisotopic (exact) mass is 494 g/mol. The molecule has 4 aromatic rings. The van der Waals surface area contributed by atoms with Gasteiger partial charge in [0.05, 0.1) is 11.6 Å². The summed E-state index contributed by atoms with van der Waals surface area (Å²) in [6.07, 6.45) is 1.42. The summed E-state index contributed by atoms with van der Waals surface area (Å²) in [5.41, 5.74) is 0.659. The van der Waals surface area contributed by atoms with Gasteiger partial charge in [0.2, 0.25) is 5.95 Å². The Kier molecular flexibility index (Phi) is 6.64. The van der Waals surface area contributed by atoms with Gasteiger partial charge in [-0.25, -0.2) is 14.1 Å². The van der Waals surface area contributed by atoms with E-state index < -0.39 is 11.7 Å². The van der Waals surface area contributed by atoms with E-state index in [-0.39, 0.29) is 29.9 Å². The number of hydrogen-bond acceptors (Lipinski definition) is 5. The Morgan fingerprint density at radius 1 is 1.12 bits per heavy atom. The topological polar surface area (TPSA) is 82.2 Å². The standard InChI is InChI=1S/C21H14Cl3FN4O3/c22-15-2-1-3-17(19(15)24)31-10-14-6-7-18(32-14)20(30)27-21-26-11-29(28-21)9-12-4-5-13(25)8-16(12)23/h1-8,11H,9-10H2,(H,27,28,30). The summed E-state index contributed by atoms with van der Waals surface area (Å²) in [5, 5.41) is 7.65. The van der Waals surface area contributed by atoms with E-state index in [2.05, 4.69) is 15.4 Å². The quantitative estimate of drug-likeness (QED) is 0.348. The first-order valence-electron chi connectivity index (χ1n) is 9.19. The Morgan fingerprint density at radius 2 is 1.97 bits per heavy atom. The average molecular weight is 496 g/mol. The maximum atomic E-state index is 13.2. The molecule has 0 unspecified atom stereocenters. The van der Waals surface area contributed by atoms with Crippen LogP contribution in [0.15, 0.2) is 59.3 Å². The van der Waals surface area contributed by atoms with Crippen LogP contribution in [-0.2, 0) is 13.2 Å². The lowest BCUT2D eigenvalue weighted by molar-refractivity contribution is 0.0991. The molecule has 1 amide bonds. The highest BCUT2D eigenvalue weighted by molar-refractivity contribution is 6.42. The van der Waals surface area contributed by atoms with Gasteiger partial charge in [0.1, 0.15) is 35.3 Å². The van der Waals surface area contributed by atoms with Gasteiger partial charge in [0.25, 0.3) is 5.91 Å². The molecule has 1 N–H and O–H groups in total. The highest BCUT2D eigenvalue weighted by Gasteiger charge is 2.15. The van der Waals surface area contributed by atoms with Gasteiger partial charge in [-0.05, 0) is 42.0 Å². The van der Waals surface area contributed by atoms with Crippen LogP contribution in [0.5, 0.6) is 5.75 Å². The van der Waals surface area contributed by atoms with Crippen LogP contribution in [-0.4, -0.2) is 20.7 Å². The highest BCUT2D eigenvalue weighted by atomic mass is 35.5. The number of benzene rings is 2. The molecule has 2 aromatic carbocycles. The lowest BCUT2D eigenvalue weighted by Gasteiger charge is -2.07. The van der Waals surface area contributed by atoms with Gasteiger partial charge in [-0.15, -0.1) is 5.10 Å². The van der Waals surface area contributed by atoms with Crippen molar-refractivity contribution in [3.63, 3.8) is 0 Å². The maximum absolute atomic E-state index is 13.2. The van der Waals surface area contributed by atoms with Gasteiger partial charge in [-0.1, -0.05) is 46.9 Å².